The Morgan fingerprint density at radius 2 is 1.38 bits per heavy atom. The highest BCUT2D eigenvalue weighted by molar-refractivity contribution is 5.95. The number of nitrogens with zero attached hydrogens (tertiary/aromatic N) is 4. The first-order valence-electron chi connectivity index (χ1n) is 12.1. The van der Waals surface area contributed by atoms with E-state index in [-0.39, 0.29) is 18.6 Å². The van der Waals surface area contributed by atoms with Crippen LogP contribution in [0.4, 0.5) is 0 Å². The predicted octanol–water partition coefficient (Wildman–Crippen LogP) is 3.58. The van der Waals surface area contributed by atoms with Gasteiger partial charge in [0.2, 0.25) is 0 Å². The van der Waals surface area contributed by atoms with E-state index < -0.39 is 23.9 Å². The summed E-state index contributed by atoms with van der Waals surface area (Å²) in [5.74, 6) is -1.56. The highest BCUT2D eigenvalue weighted by Gasteiger charge is 2.21. The maximum atomic E-state index is 12.8. The Balaban J connectivity index is 1.40. The first-order chi connectivity index (χ1) is 19.1. The number of carbonyl (C=O) groups is 3. The van der Waals surface area contributed by atoms with Gasteiger partial charge in [0.05, 0.1) is 30.3 Å². The molecule has 0 fully saturated rings. The van der Waals surface area contributed by atoms with Crippen molar-refractivity contribution >= 4 is 29.0 Å². The van der Waals surface area contributed by atoms with Crippen molar-refractivity contribution in [3.05, 3.63) is 126 Å². The van der Waals surface area contributed by atoms with E-state index in [1.165, 1.54) is 12.7 Å². The predicted molar refractivity (Wildman–Crippen MR) is 141 cm³/mol. The normalized spacial score (nSPS) is 12.2. The van der Waals surface area contributed by atoms with Gasteiger partial charge < -0.3 is 19.0 Å². The summed E-state index contributed by atoms with van der Waals surface area (Å²) in [6.07, 6.45) is 2.03. The highest BCUT2D eigenvalue weighted by atomic mass is 16.6. The number of carbonyl (C=O) groups excluding carboxylic acids is 3. The Bertz CT molecular complexity index is 1660. The Morgan fingerprint density at radius 1 is 0.795 bits per heavy atom. The van der Waals surface area contributed by atoms with E-state index in [1.807, 2.05) is 6.07 Å². The molecule has 0 saturated carbocycles. The van der Waals surface area contributed by atoms with Gasteiger partial charge >= 0.3 is 11.9 Å². The minimum Gasteiger partial charge on any atom is -0.458 e. The summed E-state index contributed by atoms with van der Waals surface area (Å²) in [4.78, 5) is 53.8. The van der Waals surface area contributed by atoms with Gasteiger partial charge in [-0.3, -0.25) is 4.79 Å². The van der Waals surface area contributed by atoms with Gasteiger partial charge in [0.25, 0.3) is 5.91 Å². The summed E-state index contributed by atoms with van der Waals surface area (Å²) < 4.78 is 12.8. The summed E-state index contributed by atoms with van der Waals surface area (Å²) in [5, 5.41) is 0. The van der Waals surface area contributed by atoms with E-state index in [4.69, 9.17) is 9.47 Å². The number of rotatable bonds is 8. The fraction of sp³-hybridized carbons (Fsp3) is 0.103. The van der Waals surface area contributed by atoms with Crippen LogP contribution in [-0.4, -0.2) is 50.1 Å². The van der Waals surface area contributed by atoms with Crippen molar-refractivity contribution in [3.63, 3.8) is 0 Å². The lowest BCUT2D eigenvalue weighted by molar-refractivity contribution is -0.00498. The maximum absolute atomic E-state index is 12.8. The second kappa shape index (κ2) is 11.8. The first kappa shape index (κ1) is 25.3. The van der Waals surface area contributed by atoms with Gasteiger partial charge in [0, 0.05) is 5.56 Å². The highest BCUT2D eigenvalue weighted by Crippen LogP contribution is 2.11. The Kier molecular flexibility index (Phi) is 7.63. The van der Waals surface area contributed by atoms with Crippen molar-refractivity contribution in [3.8, 4) is 0 Å². The average Bonchev–Trinajstić information content (AvgIpc) is 3.49. The second-order valence-corrected chi connectivity index (χ2v) is 8.46. The van der Waals surface area contributed by atoms with Gasteiger partial charge in [0.1, 0.15) is 12.1 Å². The van der Waals surface area contributed by atoms with Crippen molar-refractivity contribution in [1.29, 1.82) is 0 Å². The van der Waals surface area contributed by atoms with Gasteiger partial charge in [-0.2, -0.15) is 4.99 Å². The van der Waals surface area contributed by atoms with Crippen molar-refractivity contribution in [2.45, 2.75) is 12.6 Å². The minimum absolute atomic E-state index is 0.0713. The number of H-pyrrole nitrogens is 1. The number of nitrogens with one attached hydrogen (secondary N) is 1. The molecule has 0 radical (unpaired) electrons. The number of imidazole rings is 1. The quantitative estimate of drug-likeness (QED) is 0.309. The molecule has 0 aliphatic heterocycles. The molecular weight excluding hydrogens is 498 g/mol. The third kappa shape index (κ3) is 6.13. The molecule has 3 aromatic carbocycles. The van der Waals surface area contributed by atoms with Gasteiger partial charge in [-0.25, -0.2) is 19.6 Å². The molecule has 39 heavy (non-hydrogen) atoms. The van der Waals surface area contributed by atoms with Gasteiger partial charge in [-0.15, -0.1) is 0 Å². The van der Waals surface area contributed by atoms with E-state index in [9.17, 15) is 14.4 Å². The number of esters is 2. The van der Waals surface area contributed by atoms with Crippen molar-refractivity contribution < 1.29 is 23.9 Å². The minimum atomic E-state index is -0.870. The van der Waals surface area contributed by atoms with Crippen LogP contribution in [0.3, 0.4) is 0 Å². The molecular formula is C29H23N5O5. The summed E-state index contributed by atoms with van der Waals surface area (Å²) in [5.41, 5.74) is 2.19. The van der Waals surface area contributed by atoms with Crippen LogP contribution >= 0.6 is 0 Å². The molecule has 1 N–H and O–H groups in total. The molecule has 0 saturated heterocycles. The van der Waals surface area contributed by atoms with Crippen LogP contribution in [0.15, 0.2) is 109 Å². The number of aromatic nitrogens is 4. The Labute approximate surface area is 222 Å². The molecule has 10 heteroatoms. The molecule has 0 aliphatic carbocycles. The Morgan fingerprint density at radius 3 is 2.03 bits per heavy atom. The largest absolute Gasteiger partial charge is 0.458 e. The number of hydrogen-bond acceptors (Lipinski definition) is 7. The zero-order valence-corrected chi connectivity index (χ0v) is 20.6. The van der Waals surface area contributed by atoms with Crippen molar-refractivity contribution in [2.75, 3.05) is 6.61 Å². The molecule has 2 heterocycles. The van der Waals surface area contributed by atoms with Crippen LogP contribution in [0.5, 0.6) is 0 Å². The van der Waals surface area contributed by atoms with Crippen LogP contribution in [-0.2, 0) is 16.0 Å². The topological polar surface area (TPSA) is 129 Å². The number of fused-ring (bicyclic) bond motifs is 1. The van der Waals surface area contributed by atoms with Gasteiger partial charge in [-0.05, 0) is 36.4 Å². The third-order valence-electron chi connectivity index (χ3n) is 5.76. The molecule has 5 aromatic rings. The van der Waals surface area contributed by atoms with E-state index in [0.717, 1.165) is 0 Å². The van der Waals surface area contributed by atoms with E-state index >= 15 is 0 Å². The molecule has 1 atom stereocenters. The molecule has 0 spiro atoms. The van der Waals surface area contributed by atoms with E-state index in [1.54, 1.807) is 89.5 Å². The van der Waals surface area contributed by atoms with E-state index in [2.05, 4.69) is 19.9 Å². The Hall–Kier alpha value is -5.38. The van der Waals surface area contributed by atoms with Crippen LogP contribution in [0, 0.1) is 0 Å². The van der Waals surface area contributed by atoms with Crippen LogP contribution in [0.25, 0.3) is 11.2 Å². The number of hydrogen-bond donors (Lipinski definition) is 1. The molecule has 0 bridgehead atoms. The second-order valence-electron chi connectivity index (χ2n) is 8.46. The third-order valence-corrected chi connectivity index (χ3v) is 5.76. The molecule has 194 valence electrons. The zero-order valence-electron chi connectivity index (χ0n) is 20.6. The molecule has 2 aromatic heterocycles. The first-order valence-corrected chi connectivity index (χ1v) is 12.1. The summed E-state index contributed by atoms with van der Waals surface area (Å²) >= 11 is 0. The summed E-state index contributed by atoms with van der Waals surface area (Å²) in [6, 6.07) is 25.7. The molecule has 0 aliphatic rings. The maximum Gasteiger partial charge on any atom is 0.338 e. The monoisotopic (exact) mass is 521 g/mol. The number of ether oxygens (including phenoxy) is 2. The average molecular weight is 522 g/mol. The van der Waals surface area contributed by atoms with E-state index in [0.29, 0.717) is 27.9 Å². The lowest BCUT2D eigenvalue weighted by Crippen LogP contribution is -2.31. The van der Waals surface area contributed by atoms with Crippen molar-refractivity contribution in [2.24, 2.45) is 4.99 Å². The molecule has 5 rings (SSSR count). The van der Waals surface area contributed by atoms with Crippen LogP contribution in [0.2, 0.25) is 0 Å². The number of aromatic amines is 1. The van der Waals surface area contributed by atoms with Crippen LogP contribution in [0.1, 0.15) is 31.1 Å². The number of amides is 1. The molecule has 10 nitrogen and oxygen atoms in total. The number of benzene rings is 3. The SMILES string of the molecule is O=C(N=c1ncn(CC(COC(=O)c2ccccc2)OC(=O)c2ccccc2)c2nc[nH]c12)c1ccccc1. The zero-order chi connectivity index (χ0) is 27.0. The van der Waals surface area contributed by atoms with Crippen LogP contribution < -0.4 is 5.49 Å². The fourth-order valence-electron chi connectivity index (χ4n) is 3.84. The molecule has 1 amide bonds. The fourth-order valence-corrected chi connectivity index (χ4v) is 3.84. The van der Waals surface area contributed by atoms with Gasteiger partial charge in [-0.1, -0.05) is 54.6 Å². The summed E-state index contributed by atoms with van der Waals surface area (Å²) in [6.45, 7) is -0.133. The smallest absolute Gasteiger partial charge is 0.338 e. The standard InChI is InChI=1S/C29H23N5O5/c35-27(20-10-4-1-5-11-20)33-25-24-26(31-18-30-24)34(19-32-25)16-23(39-29(37)22-14-8-3-9-15-22)17-38-28(36)21-12-6-2-7-13-21/h1-15,18-19,23H,16-17H2,(H,30,31). The van der Waals surface area contributed by atoms with Crippen molar-refractivity contribution in [1.82, 2.24) is 19.5 Å². The van der Waals surface area contributed by atoms with Gasteiger partial charge in [0.15, 0.2) is 17.2 Å². The molecule has 1 unspecified atom stereocenters. The lowest BCUT2D eigenvalue weighted by atomic mass is 10.2. The lowest BCUT2D eigenvalue weighted by Gasteiger charge is -2.19. The summed E-state index contributed by atoms with van der Waals surface area (Å²) in [7, 11) is 0.